The van der Waals surface area contributed by atoms with Gasteiger partial charge in [0, 0.05) is 13.1 Å². The van der Waals surface area contributed by atoms with Crippen molar-refractivity contribution in [3.8, 4) is 5.75 Å². The average Bonchev–Trinajstić information content (AvgIpc) is 3.24. The molecule has 3 aromatic rings. The molecule has 0 N–H and O–H groups in total. The summed E-state index contributed by atoms with van der Waals surface area (Å²) in [6.45, 7) is 8.60. The summed E-state index contributed by atoms with van der Waals surface area (Å²) in [6, 6.07) is 11.5. The Kier molecular flexibility index (Phi) is 7.01. The molecule has 1 aromatic heterocycles. The van der Waals surface area contributed by atoms with Crippen molar-refractivity contribution in [2.45, 2.75) is 11.0 Å². The molecule has 8 nitrogen and oxygen atoms in total. The topological polar surface area (TPSA) is 89.0 Å². The van der Waals surface area contributed by atoms with Crippen LogP contribution < -0.4 is 9.64 Å². The Bertz CT molecular complexity index is 1300. The predicted octanol–water partition coefficient (Wildman–Crippen LogP) is 3.71. The number of anilines is 1. The summed E-state index contributed by atoms with van der Waals surface area (Å²) >= 11 is 1.56. The standard InChI is InChI=1S/C24H25N3O5S2/c1-4-13-27(14-5-2)34(29,30)19-11-9-17(10-12-19)23(28)32-18-15-26(16-18)24-25-22-20(31-3)7-6-8-21(22)33-24/h4-12,18H,1-2,13-16H2,3H3. The van der Waals surface area contributed by atoms with Gasteiger partial charge >= 0.3 is 5.97 Å². The molecule has 0 radical (unpaired) electrons. The van der Waals surface area contributed by atoms with Gasteiger partial charge in [-0.05, 0) is 36.4 Å². The minimum atomic E-state index is -3.72. The number of ether oxygens (including phenoxy) is 2. The Hall–Kier alpha value is -3.21. The number of thiazole rings is 1. The van der Waals surface area contributed by atoms with Crippen LogP contribution in [0.1, 0.15) is 10.4 Å². The first-order chi connectivity index (χ1) is 16.4. The van der Waals surface area contributed by atoms with E-state index in [4.69, 9.17) is 9.47 Å². The Morgan fingerprint density at radius 3 is 2.47 bits per heavy atom. The lowest BCUT2D eigenvalue weighted by Crippen LogP contribution is -2.53. The van der Waals surface area contributed by atoms with Gasteiger partial charge in [-0.15, -0.1) is 13.2 Å². The molecule has 0 atom stereocenters. The van der Waals surface area contributed by atoms with E-state index in [1.807, 2.05) is 23.1 Å². The lowest BCUT2D eigenvalue weighted by molar-refractivity contribution is 0.0234. The molecule has 0 unspecified atom stereocenters. The molecule has 1 aliphatic heterocycles. The molecule has 2 heterocycles. The van der Waals surface area contributed by atoms with Gasteiger partial charge in [0.25, 0.3) is 0 Å². The van der Waals surface area contributed by atoms with Gasteiger partial charge in [-0.25, -0.2) is 18.2 Å². The largest absolute Gasteiger partial charge is 0.494 e. The van der Waals surface area contributed by atoms with Crippen molar-refractivity contribution >= 4 is 42.7 Å². The Morgan fingerprint density at radius 2 is 1.85 bits per heavy atom. The van der Waals surface area contributed by atoms with Gasteiger partial charge < -0.3 is 14.4 Å². The van der Waals surface area contributed by atoms with Crippen LogP contribution in [-0.2, 0) is 14.8 Å². The zero-order valence-corrected chi connectivity index (χ0v) is 20.3. The first-order valence-corrected chi connectivity index (χ1v) is 12.8. The van der Waals surface area contributed by atoms with Crippen molar-refractivity contribution in [1.82, 2.24) is 9.29 Å². The van der Waals surface area contributed by atoms with E-state index >= 15 is 0 Å². The Balaban J connectivity index is 1.37. The molecule has 0 amide bonds. The molecule has 1 saturated heterocycles. The van der Waals surface area contributed by atoms with Crippen molar-refractivity contribution in [2.24, 2.45) is 0 Å². The number of hydrogen-bond donors (Lipinski definition) is 0. The molecule has 10 heteroatoms. The third-order valence-electron chi connectivity index (χ3n) is 5.38. The number of hydrogen-bond acceptors (Lipinski definition) is 8. The van der Waals surface area contributed by atoms with Crippen LogP contribution in [-0.4, -0.2) is 63.1 Å². The quantitative estimate of drug-likeness (QED) is 0.310. The maximum Gasteiger partial charge on any atom is 0.338 e. The minimum Gasteiger partial charge on any atom is -0.494 e. The molecule has 0 aliphatic carbocycles. The number of methoxy groups -OCH3 is 1. The molecular weight excluding hydrogens is 474 g/mol. The van der Waals surface area contributed by atoms with Gasteiger partial charge in [-0.2, -0.15) is 4.31 Å². The molecule has 34 heavy (non-hydrogen) atoms. The minimum absolute atomic E-state index is 0.0915. The first-order valence-electron chi connectivity index (χ1n) is 10.6. The smallest absolute Gasteiger partial charge is 0.338 e. The molecule has 2 aromatic carbocycles. The highest BCUT2D eigenvalue weighted by Gasteiger charge is 2.33. The molecule has 0 saturated carbocycles. The fourth-order valence-corrected chi connectivity index (χ4v) is 5.95. The Morgan fingerprint density at radius 1 is 1.18 bits per heavy atom. The lowest BCUT2D eigenvalue weighted by Gasteiger charge is -2.38. The van der Waals surface area contributed by atoms with Gasteiger partial charge in [0.2, 0.25) is 10.0 Å². The number of carbonyl (C=O) groups excluding carboxylic acids is 1. The van der Waals surface area contributed by atoms with Crippen LogP contribution in [0.4, 0.5) is 5.13 Å². The molecule has 1 aliphatic rings. The van der Waals surface area contributed by atoms with Gasteiger partial charge in [-0.1, -0.05) is 29.6 Å². The number of rotatable bonds is 10. The van der Waals surface area contributed by atoms with Crippen molar-refractivity contribution in [3.05, 3.63) is 73.3 Å². The zero-order valence-electron chi connectivity index (χ0n) is 18.7. The second-order valence-electron chi connectivity index (χ2n) is 7.66. The average molecular weight is 500 g/mol. The Labute approximate surface area is 202 Å². The van der Waals surface area contributed by atoms with Crippen LogP contribution in [0.3, 0.4) is 0 Å². The van der Waals surface area contributed by atoms with E-state index in [-0.39, 0.29) is 24.1 Å². The van der Waals surface area contributed by atoms with Crippen LogP contribution >= 0.6 is 11.3 Å². The normalized spacial score (nSPS) is 14.1. The molecule has 178 valence electrons. The highest BCUT2D eigenvalue weighted by atomic mass is 32.2. The number of benzene rings is 2. The summed E-state index contributed by atoms with van der Waals surface area (Å²) in [6.07, 6.45) is 2.76. The summed E-state index contributed by atoms with van der Waals surface area (Å²) in [4.78, 5) is 19.4. The fourth-order valence-electron chi connectivity index (χ4n) is 3.57. The number of aromatic nitrogens is 1. The fraction of sp³-hybridized carbons (Fsp3) is 0.250. The maximum absolute atomic E-state index is 12.8. The third-order valence-corrected chi connectivity index (χ3v) is 8.30. The van der Waals surface area contributed by atoms with E-state index in [0.717, 1.165) is 21.1 Å². The molecular formula is C24H25N3O5S2. The molecule has 1 fully saturated rings. The highest BCUT2D eigenvalue weighted by Crippen LogP contribution is 2.36. The lowest BCUT2D eigenvalue weighted by atomic mass is 10.2. The maximum atomic E-state index is 12.8. The summed E-state index contributed by atoms with van der Waals surface area (Å²) < 4.78 is 38.8. The van der Waals surface area contributed by atoms with Crippen LogP contribution in [0.15, 0.2) is 72.7 Å². The zero-order chi connectivity index (χ0) is 24.3. The first kappa shape index (κ1) is 23.9. The van der Waals surface area contributed by atoms with Gasteiger partial charge in [0.05, 0.1) is 35.4 Å². The van der Waals surface area contributed by atoms with Crippen molar-refractivity contribution < 1.29 is 22.7 Å². The summed E-state index contributed by atoms with van der Waals surface area (Å²) in [7, 11) is -2.10. The summed E-state index contributed by atoms with van der Waals surface area (Å²) in [5.74, 6) is 0.236. The van der Waals surface area contributed by atoms with Crippen molar-refractivity contribution in [2.75, 3.05) is 38.2 Å². The number of nitrogens with zero attached hydrogens (tertiary/aromatic N) is 3. The molecule has 0 bridgehead atoms. The SMILES string of the molecule is C=CCN(CC=C)S(=O)(=O)c1ccc(C(=O)OC2CN(c3nc4c(OC)cccc4s3)C2)cc1. The van der Waals surface area contributed by atoms with Gasteiger partial charge in [0.1, 0.15) is 17.4 Å². The van der Waals surface area contributed by atoms with Crippen LogP contribution in [0.5, 0.6) is 5.75 Å². The monoisotopic (exact) mass is 499 g/mol. The number of carbonyl (C=O) groups is 1. The predicted molar refractivity (Wildman–Crippen MR) is 133 cm³/mol. The van der Waals surface area contributed by atoms with Crippen LogP contribution in [0.2, 0.25) is 0 Å². The number of esters is 1. The number of fused-ring (bicyclic) bond motifs is 1. The molecule has 4 rings (SSSR count). The van der Waals surface area contributed by atoms with Crippen LogP contribution in [0, 0.1) is 0 Å². The second-order valence-corrected chi connectivity index (χ2v) is 10.6. The highest BCUT2D eigenvalue weighted by molar-refractivity contribution is 7.89. The van der Waals surface area contributed by atoms with E-state index in [0.29, 0.717) is 18.7 Å². The van der Waals surface area contributed by atoms with E-state index in [1.165, 1.54) is 40.7 Å². The van der Waals surface area contributed by atoms with E-state index < -0.39 is 16.0 Å². The summed E-state index contributed by atoms with van der Waals surface area (Å²) in [5, 5.41) is 0.852. The van der Waals surface area contributed by atoms with Crippen molar-refractivity contribution in [1.29, 1.82) is 0 Å². The second kappa shape index (κ2) is 9.96. The van der Waals surface area contributed by atoms with E-state index in [1.54, 1.807) is 18.4 Å². The third kappa shape index (κ3) is 4.70. The number of para-hydroxylation sites is 1. The van der Waals surface area contributed by atoms with E-state index in [9.17, 15) is 13.2 Å². The van der Waals surface area contributed by atoms with Crippen LogP contribution in [0.25, 0.3) is 10.2 Å². The van der Waals surface area contributed by atoms with Crippen molar-refractivity contribution in [3.63, 3.8) is 0 Å². The number of sulfonamides is 1. The molecule has 0 spiro atoms. The van der Waals surface area contributed by atoms with Gasteiger partial charge in [-0.3, -0.25) is 0 Å². The van der Waals surface area contributed by atoms with Gasteiger partial charge in [0.15, 0.2) is 5.13 Å². The van der Waals surface area contributed by atoms with E-state index in [2.05, 4.69) is 18.1 Å². The summed E-state index contributed by atoms with van der Waals surface area (Å²) in [5.41, 5.74) is 1.11.